The molecule has 0 aliphatic carbocycles. The van der Waals surface area contributed by atoms with Crippen molar-refractivity contribution in [3.8, 4) is 11.3 Å². The van der Waals surface area contributed by atoms with Crippen LogP contribution >= 0.6 is 11.3 Å². The normalized spacial score (nSPS) is 14.3. The second-order valence-corrected chi connectivity index (χ2v) is 8.29. The Morgan fingerprint density at radius 2 is 1.76 bits per heavy atom. The number of carbonyl (C=O) groups is 1. The van der Waals surface area contributed by atoms with Crippen LogP contribution in [0.5, 0.6) is 0 Å². The van der Waals surface area contributed by atoms with Gasteiger partial charge in [-0.05, 0) is 31.4 Å². The summed E-state index contributed by atoms with van der Waals surface area (Å²) in [5.41, 5.74) is 3.53. The molecule has 29 heavy (non-hydrogen) atoms. The quantitative estimate of drug-likeness (QED) is 0.471. The van der Waals surface area contributed by atoms with Gasteiger partial charge < -0.3 is 9.88 Å². The molecule has 0 bridgehead atoms. The molecule has 4 aromatic rings. The first-order chi connectivity index (χ1) is 14.3. The van der Waals surface area contributed by atoms with Gasteiger partial charge in [0, 0.05) is 29.6 Å². The number of hydrogen-bond donors (Lipinski definition) is 2. The zero-order valence-corrected chi connectivity index (χ0v) is 16.8. The molecule has 2 N–H and O–H groups in total. The van der Waals surface area contributed by atoms with Crippen LogP contribution in [0.4, 0.5) is 10.1 Å². The van der Waals surface area contributed by atoms with Gasteiger partial charge in [-0.1, -0.05) is 59.9 Å². The summed E-state index contributed by atoms with van der Waals surface area (Å²) in [4.78, 5) is 23.2. The zero-order chi connectivity index (χ0) is 19.6. The highest BCUT2D eigenvalue weighted by molar-refractivity contribution is 7.20. The topological polar surface area (TPSA) is 61.0 Å². The minimum Gasteiger partial charge on any atom is -0.362 e. The first-order valence-electron chi connectivity index (χ1n) is 9.98. The van der Waals surface area contributed by atoms with Crippen LogP contribution in [0.2, 0.25) is 0 Å². The molecule has 5 nitrogen and oxygen atoms in total. The Hall–Kier alpha value is -3.12. The van der Waals surface area contributed by atoms with Crippen LogP contribution < -0.4 is 10.2 Å². The van der Waals surface area contributed by atoms with E-state index in [1.807, 2.05) is 48.5 Å². The van der Waals surface area contributed by atoms with E-state index in [1.54, 1.807) is 11.3 Å². The standard InChI is InChI=1S/C23H22N4OS/c28-21(19-15-17-11-5-6-12-18(17)24-19)26-23-25-20(16-9-3-1-4-10-16)22(29-23)27-13-7-2-8-14-27/h1,3-6,9-12,15,24H,2,7-8,13-14H2,(H,25,26,28). The Morgan fingerprint density at radius 1 is 1.00 bits per heavy atom. The van der Waals surface area contributed by atoms with Crippen molar-refractivity contribution in [1.29, 1.82) is 0 Å². The van der Waals surface area contributed by atoms with Gasteiger partial charge in [0.1, 0.15) is 16.4 Å². The molecule has 0 saturated carbocycles. The van der Waals surface area contributed by atoms with Gasteiger partial charge in [-0.25, -0.2) is 4.98 Å². The average Bonchev–Trinajstić information content (AvgIpc) is 3.39. The lowest BCUT2D eigenvalue weighted by atomic mass is 10.1. The summed E-state index contributed by atoms with van der Waals surface area (Å²) in [5.74, 6) is -0.167. The summed E-state index contributed by atoms with van der Waals surface area (Å²) in [6.45, 7) is 2.08. The van der Waals surface area contributed by atoms with Crippen molar-refractivity contribution in [1.82, 2.24) is 9.97 Å². The highest BCUT2D eigenvalue weighted by atomic mass is 32.1. The van der Waals surface area contributed by atoms with E-state index in [1.165, 1.54) is 19.3 Å². The number of thiazole rings is 1. The second kappa shape index (κ2) is 7.72. The molecule has 6 heteroatoms. The number of fused-ring (bicyclic) bond motifs is 1. The van der Waals surface area contributed by atoms with Gasteiger partial charge in [-0.2, -0.15) is 0 Å². The smallest absolute Gasteiger partial charge is 0.273 e. The molecule has 3 heterocycles. The van der Waals surface area contributed by atoms with Crippen LogP contribution in [-0.2, 0) is 0 Å². The monoisotopic (exact) mass is 402 g/mol. The Kier molecular flexibility index (Phi) is 4.77. The van der Waals surface area contributed by atoms with Crippen LogP contribution in [0.3, 0.4) is 0 Å². The van der Waals surface area contributed by atoms with E-state index in [0.717, 1.165) is 40.3 Å². The van der Waals surface area contributed by atoms with E-state index in [9.17, 15) is 4.79 Å². The van der Waals surface area contributed by atoms with Crippen molar-refractivity contribution < 1.29 is 4.79 Å². The summed E-state index contributed by atoms with van der Waals surface area (Å²) >= 11 is 1.56. The number of hydrogen-bond acceptors (Lipinski definition) is 4. The molecule has 1 saturated heterocycles. The number of H-pyrrole nitrogens is 1. The van der Waals surface area contributed by atoms with Crippen molar-refractivity contribution in [2.45, 2.75) is 19.3 Å². The lowest BCUT2D eigenvalue weighted by molar-refractivity contribution is 0.102. The molecule has 0 spiro atoms. The highest BCUT2D eigenvalue weighted by Gasteiger charge is 2.22. The van der Waals surface area contributed by atoms with E-state index in [4.69, 9.17) is 4.98 Å². The SMILES string of the molecule is O=C(Nc1nc(-c2ccccc2)c(N2CCCCC2)s1)c1cc2ccccc2[nH]1. The van der Waals surface area contributed by atoms with E-state index >= 15 is 0 Å². The second-order valence-electron chi connectivity index (χ2n) is 7.31. The number of aromatic nitrogens is 2. The average molecular weight is 403 g/mol. The van der Waals surface area contributed by atoms with Crippen molar-refractivity contribution in [2.24, 2.45) is 0 Å². The predicted molar refractivity (Wildman–Crippen MR) is 120 cm³/mol. The van der Waals surface area contributed by atoms with Gasteiger partial charge in [0.25, 0.3) is 5.91 Å². The molecule has 146 valence electrons. The van der Waals surface area contributed by atoms with Crippen LogP contribution in [0, 0.1) is 0 Å². The van der Waals surface area contributed by atoms with E-state index in [0.29, 0.717) is 10.8 Å². The maximum absolute atomic E-state index is 12.8. The molecular formula is C23H22N4OS. The van der Waals surface area contributed by atoms with Crippen LogP contribution in [0.15, 0.2) is 60.7 Å². The number of para-hydroxylation sites is 1. The fourth-order valence-corrected chi connectivity index (χ4v) is 4.86. The molecular weight excluding hydrogens is 380 g/mol. The Morgan fingerprint density at radius 3 is 2.55 bits per heavy atom. The Balaban J connectivity index is 1.46. The molecule has 2 aromatic carbocycles. The zero-order valence-electron chi connectivity index (χ0n) is 16.0. The summed E-state index contributed by atoms with van der Waals surface area (Å²) < 4.78 is 0. The van der Waals surface area contributed by atoms with Gasteiger partial charge >= 0.3 is 0 Å². The van der Waals surface area contributed by atoms with Crippen molar-refractivity contribution >= 4 is 38.3 Å². The number of aromatic amines is 1. The first kappa shape index (κ1) is 17.9. The molecule has 0 atom stereocenters. The summed E-state index contributed by atoms with van der Waals surface area (Å²) in [5, 5.41) is 5.80. The maximum Gasteiger partial charge on any atom is 0.273 e. The number of nitrogens with zero attached hydrogens (tertiary/aromatic N) is 2. The molecule has 5 rings (SSSR count). The van der Waals surface area contributed by atoms with Gasteiger partial charge in [0.15, 0.2) is 5.13 Å². The van der Waals surface area contributed by atoms with Crippen molar-refractivity contribution in [2.75, 3.05) is 23.3 Å². The first-order valence-corrected chi connectivity index (χ1v) is 10.8. The van der Waals surface area contributed by atoms with Gasteiger partial charge in [0.2, 0.25) is 0 Å². The van der Waals surface area contributed by atoms with Gasteiger partial charge in [-0.15, -0.1) is 0 Å². The third-order valence-corrected chi connectivity index (χ3v) is 6.33. The summed E-state index contributed by atoms with van der Waals surface area (Å²) in [7, 11) is 0. The van der Waals surface area contributed by atoms with Crippen LogP contribution in [0.25, 0.3) is 22.2 Å². The third-order valence-electron chi connectivity index (χ3n) is 5.29. The maximum atomic E-state index is 12.8. The lowest BCUT2D eigenvalue weighted by Gasteiger charge is -2.27. The number of benzene rings is 2. The summed E-state index contributed by atoms with van der Waals surface area (Å²) in [6.07, 6.45) is 3.67. The Bertz CT molecular complexity index is 1110. The fraction of sp³-hybridized carbons (Fsp3) is 0.217. The molecule has 0 unspecified atom stereocenters. The van der Waals surface area contributed by atoms with Crippen LogP contribution in [0.1, 0.15) is 29.8 Å². The van der Waals surface area contributed by atoms with Crippen LogP contribution in [-0.4, -0.2) is 29.0 Å². The number of carbonyl (C=O) groups excluding carboxylic acids is 1. The number of amides is 1. The highest BCUT2D eigenvalue weighted by Crippen LogP contribution is 2.39. The number of rotatable bonds is 4. The minimum absolute atomic E-state index is 0.167. The molecule has 1 aliphatic rings. The van der Waals surface area contributed by atoms with E-state index in [-0.39, 0.29) is 5.91 Å². The summed E-state index contributed by atoms with van der Waals surface area (Å²) in [6, 6.07) is 20.0. The van der Waals surface area contributed by atoms with Crippen molar-refractivity contribution in [3.05, 3.63) is 66.4 Å². The minimum atomic E-state index is -0.167. The lowest BCUT2D eigenvalue weighted by Crippen LogP contribution is -2.29. The molecule has 1 fully saturated rings. The van der Waals surface area contributed by atoms with Crippen molar-refractivity contribution in [3.63, 3.8) is 0 Å². The predicted octanol–water partition coefficient (Wildman–Crippen LogP) is 5.53. The molecule has 0 radical (unpaired) electrons. The number of piperidine rings is 1. The third kappa shape index (κ3) is 3.63. The van der Waals surface area contributed by atoms with E-state index < -0.39 is 0 Å². The van der Waals surface area contributed by atoms with E-state index in [2.05, 4.69) is 27.3 Å². The molecule has 1 aliphatic heterocycles. The largest absolute Gasteiger partial charge is 0.362 e. The van der Waals surface area contributed by atoms with Gasteiger partial charge in [0.05, 0.1) is 0 Å². The number of anilines is 2. The van der Waals surface area contributed by atoms with Gasteiger partial charge in [-0.3, -0.25) is 10.1 Å². The molecule has 2 aromatic heterocycles. The fourth-order valence-electron chi connectivity index (χ4n) is 3.82. The Labute approximate surface area is 173 Å². The molecule has 1 amide bonds. The number of nitrogens with one attached hydrogen (secondary N) is 2.